The van der Waals surface area contributed by atoms with Crippen molar-refractivity contribution in [2.24, 2.45) is 5.92 Å². The number of likely N-dealkylation sites (N-methyl/N-ethyl adjacent to an activating group) is 1. The van der Waals surface area contributed by atoms with Crippen molar-refractivity contribution in [2.75, 3.05) is 39.8 Å². The van der Waals surface area contributed by atoms with Gasteiger partial charge in [-0.05, 0) is 32.5 Å². The average molecular weight is 199 g/mol. The highest BCUT2D eigenvalue weighted by Crippen LogP contribution is 2.03. The Bertz CT molecular complexity index is 147. The average Bonchev–Trinajstić information content (AvgIpc) is 2.15. The van der Waals surface area contributed by atoms with Crippen LogP contribution in [0.2, 0.25) is 0 Å². The second-order valence-corrected chi connectivity index (χ2v) is 4.73. The van der Waals surface area contributed by atoms with Crippen LogP contribution in [-0.2, 0) is 0 Å². The molecular weight excluding hydrogens is 174 g/mol. The zero-order valence-corrected chi connectivity index (χ0v) is 9.84. The van der Waals surface area contributed by atoms with Gasteiger partial charge in [0, 0.05) is 25.7 Å². The Labute approximate surface area is 88.2 Å². The van der Waals surface area contributed by atoms with E-state index in [1.165, 1.54) is 13.0 Å². The topological polar surface area (TPSA) is 27.3 Å². The van der Waals surface area contributed by atoms with Crippen molar-refractivity contribution in [3.63, 3.8) is 0 Å². The van der Waals surface area contributed by atoms with Gasteiger partial charge < -0.3 is 15.5 Å². The van der Waals surface area contributed by atoms with E-state index in [0.717, 1.165) is 38.1 Å². The van der Waals surface area contributed by atoms with Crippen LogP contribution < -0.4 is 10.6 Å². The summed E-state index contributed by atoms with van der Waals surface area (Å²) in [6.45, 7) is 10.3. The molecule has 84 valence electrons. The van der Waals surface area contributed by atoms with Gasteiger partial charge in [-0.3, -0.25) is 0 Å². The number of rotatable bonds is 5. The van der Waals surface area contributed by atoms with Gasteiger partial charge in [0.05, 0.1) is 0 Å². The summed E-state index contributed by atoms with van der Waals surface area (Å²) in [4.78, 5) is 2.47. The molecule has 1 fully saturated rings. The first-order valence-corrected chi connectivity index (χ1v) is 5.82. The highest BCUT2D eigenvalue weighted by atomic mass is 15.2. The molecule has 0 radical (unpaired) electrons. The Balaban J connectivity index is 2.04. The molecule has 0 aromatic heterocycles. The molecule has 1 aliphatic rings. The predicted octanol–water partition coefficient (Wildman–Crippen LogP) is 0.526. The van der Waals surface area contributed by atoms with E-state index < -0.39 is 0 Å². The zero-order valence-electron chi connectivity index (χ0n) is 9.84. The SMILES string of the molecule is CC(C)CNCCC1CNCCN1C. The standard InChI is InChI=1S/C11H25N3/c1-10(2)8-12-5-4-11-9-13-6-7-14(11)3/h10-13H,4-9H2,1-3H3. The minimum absolute atomic E-state index is 0.725. The summed E-state index contributed by atoms with van der Waals surface area (Å²) in [7, 11) is 2.23. The Kier molecular flexibility index (Phi) is 5.45. The second-order valence-electron chi connectivity index (χ2n) is 4.73. The molecule has 1 heterocycles. The lowest BCUT2D eigenvalue weighted by molar-refractivity contribution is 0.189. The van der Waals surface area contributed by atoms with Gasteiger partial charge in [0.25, 0.3) is 0 Å². The van der Waals surface area contributed by atoms with E-state index in [4.69, 9.17) is 0 Å². The maximum absolute atomic E-state index is 3.50. The van der Waals surface area contributed by atoms with Crippen LogP contribution in [0.5, 0.6) is 0 Å². The first-order valence-electron chi connectivity index (χ1n) is 5.82. The Morgan fingerprint density at radius 2 is 2.29 bits per heavy atom. The highest BCUT2D eigenvalue weighted by Gasteiger charge is 2.17. The van der Waals surface area contributed by atoms with E-state index in [1.807, 2.05) is 0 Å². The lowest BCUT2D eigenvalue weighted by Gasteiger charge is -2.33. The molecule has 1 rings (SSSR count). The second kappa shape index (κ2) is 6.38. The molecule has 1 unspecified atom stereocenters. The van der Waals surface area contributed by atoms with Gasteiger partial charge in [-0.25, -0.2) is 0 Å². The lowest BCUT2D eigenvalue weighted by atomic mass is 10.1. The van der Waals surface area contributed by atoms with Crippen LogP contribution in [0.1, 0.15) is 20.3 Å². The highest BCUT2D eigenvalue weighted by molar-refractivity contribution is 4.77. The third kappa shape index (κ3) is 4.40. The monoisotopic (exact) mass is 199 g/mol. The Morgan fingerprint density at radius 3 is 2.93 bits per heavy atom. The molecule has 0 bridgehead atoms. The van der Waals surface area contributed by atoms with Crippen LogP contribution in [0.15, 0.2) is 0 Å². The third-order valence-corrected chi connectivity index (χ3v) is 2.85. The summed E-state index contributed by atoms with van der Waals surface area (Å²) in [6.07, 6.45) is 1.26. The first kappa shape index (κ1) is 12.0. The van der Waals surface area contributed by atoms with E-state index in [-0.39, 0.29) is 0 Å². The number of piperazine rings is 1. The van der Waals surface area contributed by atoms with Crippen molar-refractivity contribution in [1.82, 2.24) is 15.5 Å². The normalized spacial score (nSPS) is 24.4. The minimum atomic E-state index is 0.725. The molecule has 1 aliphatic heterocycles. The largest absolute Gasteiger partial charge is 0.316 e. The first-order chi connectivity index (χ1) is 6.70. The summed E-state index contributed by atoms with van der Waals surface area (Å²) in [5.74, 6) is 0.761. The van der Waals surface area contributed by atoms with Gasteiger partial charge >= 0.3 is 0 Å². The molecule has 0 amide bonds. The van der Waals surface area contributed by atoms with Crippen molar-refractivity contribution in [3.8, 4) is 0 Å². The molecule has 0 saturated carbocycles. The fourth-order valence-corrected chi connectivity index (χ4v) is 1.84. The quantitative estimate of drug-likeness (QED) is 0.632. The molecule has 0 spiro atoms. The van der Waals surface area contributed by atoms with Crippen molar-refractivity contribution >= 4 is 0 Å². The summed E-state index contributed by atoms with van der Waals surface area (Å²) >= 11 is 0. The van der Waals surface area contributed by atoms with E-state index in [2.05, 4.69) is 36.4 Å². The lowest BCUT2D eigenvalue weighted by Crippen LogP contribution is -2.50. The number of hydrogen-bond donors (Lipinski definition) is 2. The van der Waals surface area contributed by atoms with Gasteiger partial charge in [0.2, 0.25) is 0 Å². The summed E-state index contributed by atoms with van der Waals surface area (Å²) in [5.41, 5.74) is 0. The molecule has 0 aromatic carbocycles. The van der Waals surface area contributed by atoms with Crippen LogP contribution in [0.3, 0.4) is 0 Å². The van der Waals surface area contributed by atoms with Crippen molar-refractivity contribution in [2.45, 2.75) is 26.3 Å². The van der Waals surface area contributed by atoms with Crippen molar-refractivity contribution in [3.05, 3.63) is 0 Å². The molecule has 3 nitrogen and oxygen atoms in total. The van der Waals surface area contributed by atoms with E-state index in [1.54, 1.807) is 0 Å². The van der Waals surface area contributed by atoms with Crippen LogP contribution in [0.4, 0.5) is 0 Å². The maximum atomic E-state index is 3.50. The van der Waals surface area contributed by atoms with Crippen LogP contribution in [-0.4, -0.2) is 50.7 Å². The number of nitrogens with one attached hydrogen (secondary N) is 2. The molecule has 2 N–H and O–H groups in total. The van der Waals surface area contributed by atoms with Crippen LogP contribution in [0, 0.1) is 5.92 Å². The fraction of sp³-hybridized carbons (Fsp3) is 1.00. The van der Waals surface area contributed by atoms with Crippen molar-refractivity contribution in [1.29, 1.82) is 0 Å². The fourth-order valence-electron chi connectivity index (χ4n) is 1.84. The predicted molar refractivity (Wildman–Crippen MR) is 61.6 cm³/mol. The summed E-state index contributed by atoms with van der Waals surface area (Å²) in [5, 5.41) is 6.94. The van der Waals surface area contributed by atoms with Gasteiger partial charge in [-0.2, -0.15) is 0 Å². The van der Waals surface area contributed by atoms with Crippen molar-refractivity contribution < 1.29 is 0 Å². The summed E-state index contributed by atoms with van der Waals surface area (Å²) in [6, 6.07) is 0.725. The summed E-state index contributed by atoms with van der Waals surface area (Å²) < 4.78 is 0. The smallest absolute Gasteiger partial charge is 0.0230 e. The van der Waals surface area contributed by atoms with Gasteiger partial charge in [0.15, 0.2) is 0 Å². The number of hydrogen-bond acceptors (Lipinski definition) is 3. The maximum Gasteiger partial charge on any atom is 0.0230 e. The molecule has 1 atom stereocenters. The van der Waals surface area contributed by atoms with Gasteiger partial charge in [-0.1, -0.05) is 13.8 Å². The van der Waals surface area contributed by atoms with E-state index in [0.29, 0.717) is 0 Å². The minimum Gasteiger partial charge on any atom is -0.316 e. The van der Waals surface area contributed by atoms with Gasteiger partial charge in [0.1, 0.15) is 0 Å². The molecule has 3 heteroatoms. The van der Waals surface area contributed by atoms with E-state index in [9.17, 15) is 0 Å². The Morgan fingerprint density at radius 1 is 1.50 bits per heavy atom. The van der Waals surface area contributed by atoms with Crippen LogP contribution in [0.25, 0.3) is 0 Å². The zero-order chi connectivity index (χ0) is 10.4. The molecular formula is C11H25N3. The molecule has 1 saturated heterocycles. The molecule has 0 aliphatic carbocycles. The third-order valence-electron chi connectivity index (χ3n) is 2.85. The molecule has 0 aromatic rings. The number of nitrogens with zero attached hydrogens (tertiary/aromatic N) is 1. The van der Waals surface area contributed by atoms with Gasteiger partial charge in [-0.15, -0.1) is 0 Å². The van der Waals surface area contributed by atoms with E-state index >= 15 is 0 Å². The Hall–Kier alpha value is -0.120. The molecule has 14 heavy (non-hydrogen) atoms. The van der Waals surface area contributed by atoms with Crippen LogP contribution >= 0.6 is 0 Å².